The minimum atomic E-state index is -0.725. The van der Waals surface area contributed by atoms with Crippen LogP contribution in [0.1, 0.15) is 6.92 Å². The first-order valence-electron chi connectivity index (χ1n) is 6.33. The molecule has 1 N–H and O–H groups in total. The molecule has 1 aromatic carbocycles. The molecule has 0 aliphatic rings. The van der Waals surface area contributed by atoms with E-state index in [0.29, 0.717) is 22.3 Å². The second-order valence-electron chi connectivity index (χ2n) is 4.23. The first-order valence-corrected chi connectivity index (χ1v) is 6.70. The number of nitrogens with zero attached hydrogens (tertiary/aromatic N) is 1. The maximum Gasteiger partial charge on any atom is 0.266 e. The van der Waals surface area contributed by atoms with Gasteiger partial charge in [-0.1, -0.05) is 23.7 Å². The Balaban J connectivity index is 2.05. The number of benzene rings is 1. The number of aromatic nitrogens is 1. The van der Waals surface area contributed by atoms with Crippen molar-refractivity contribution >= 4 is 23.3 Å². The fourth-order valence-corrected chi connectivity index (χ4v) is 1.83. The summed E-state index contributed by atoms with van der Waals surface area (Å²) in [6, 6.07) is 10.4. The molecule has 0 bridgehead atoms. The number of methoxy groups -OCH3 is 1. The predicted molar refractivity (Wildman–Crippen MR) is 81.0 cm³/mol. The number of anilines is 1. The van der Waals surface area contributed by atoms with Crippen LogP contribution in [0.3, 0.4) is 0 Å². The van der Waals surface area contributed by atoms with E-state index in [1.807, 2.05) is 0 Å². The van der Waals surface area contributed by atoms with Crippen molar-refractivity contribution < 1.29 is 14.3 Å². The molecule has 0 saturated heterocycles. The number of pyridine rings is 1. The first-order chi connectivity index (χ1) is 10.1. The molecular weight excluding hydrogens is 292 g/mol. The molecule has 1 heterocycles. The molecule has 0 aliphatic heterocycles. The van der Waals surface area contributed by atoms with Gasteiger partial charge in [0.25, 0.3) is 5.91 Å². The van der Waals surface area contributed by atoms with Gasteiger partial charge in [-0.3, -0.25) is 4.79 Å². The number of para-hydroxylation sites is 1. The van der Waals surface area contributed by atoms with Gasteiger partial charge in [0, 0.05) is 6.20 Å². The van der Waals surface area contributed by atoms with E-state index in [-0.39, 0.29) is 5.91 Å². The number of hydrogen-bond donors (Lipinski definition) is 1. The van der Waals surface area contributed by atoms with Gasteiger partial charge in [0.1, 0.15) is 5.75 Å². The lowest BCUT2D eigenvalue weighted by atomic mass is 10.3. The van der Waals surface area contributed by atoms with Crippen molar-refractivity contribution in [3.8, 4) is 11.5 Å². The van der Waals surface area contributed by atoms with Crippen molar-refractivity contribution in [1.82, 2.24) is 4.98 Å². The van der Waals surface area contributed by atoms with E-state index in [9.17, 15) is 4.79 Å². The standard InChI is InChI=1S/C15H15ClN2O3/c1-10(21-12-7-4-3-6-11(12)16)15(19)18-14-13(20-2)8-5-9-17-14/h3-10H,1-2H3,(H,17,18,19)/t10-/m0/s1. The molecule has 0 unspecified atom stereocenters. The molecule has 110 valence electrons. The van der Waals surface area contributed by atoms with Gasteiger partial charge in [0.05, 0.1) is 12.1 Å². The fourth-order valence-electron chi connectivity index (χ4n) is 1.65. The SMILES string of the molecule is COc1cccnc1NC(=O)[C@H](C)Oc1ccccc1Cl. The summed E-state index contributed by atoms with van der Waals surface area (Å²) < 4.78 is 10.7. The quantitative estimate of drug-likeness (QED) is 0.922. The number of halogens is 1. The average Bonchev–Trinajstić information content (AvgIpc) is 2.50. The maximum atomic E-state index is 12.1. The number of nitrogens with one attached hydrogen (secondary N) is 1. The van der Waals surface area contributed by atoms with Crippen LogP contribution in [0.5, 0.6) is 11.5 Å². The summed E-state index contributed by atoms with van der Waals surface area (Å²) in [6.45, 7) is 1.63. The largest absolute Gasteiger partial charge is 0.493 e. The second-order valence-corrected chi connectivity index (χ2v) is 4.64. The number of ether oxygens (including phenoxy) is 2. The Morgan fingerprint density at radius 2 is 1.95 bits per heavy atom. The van der Waals surface area contributed by atoms with Crippen LogP contribution < -0.4 is 14.8 Å². The highest BCUT2D eigenvalue weighted by molar-refractivity contribution is 6.32. The van der Waals surface area contributed by atoms with Crippen LogP contribution in [0.4, 0.5) is 5.82 Å². The zero-order valence-corrected chi connectivity index (χ0v) is 12.4. The molecule has 0 fully saturated rings. The summed E-state index contributed by atoms with van der Waals surface area (Å²) in [5.74, 6) is 0.942. The second kappa shape index (κ2) is 6.95. The smallest absolute Gasteiger partial charge is 0.266 e. The van der Waals surface area contributed by atoms with Crippen LogP contribution in [-0.2, 0) is 4.79 Å². The summed E-state index contributed by atoms with van der Waals surface area (Å²) in [7, 11) is 1.51. The van der Waals surface area contributed by atoms with E-state index in [1.165, 1.54) is 7.11 Å². The van der Waals surface area contributed by atoms with Crippen molar-refractivity contribution in [2.45, 2.75) is 13.0 Å². The maximum absolute atomic E-state index is 12.1. The Kier molecular flexibility index (Phi) is 5.00. The van der Waals surface area contributed by atoms with Crippen LogP contribution in [0.25, 0.3) is 0 Å². The molecule has 1 atom stereocenters. The van der Waals surface area contributed by atoms with E-state index < -0.39 is 6.10 Å². The molecule has 0 aliphatic carbocycles. The van der Waals surface area contributed by atoms with Crippen LogP contribution in [0, 0.1) is 0 Å². The monoisotopic (exact) mass is 306 g/mol. The third-order valence-electron chi connectivity index (χ3n) is 2.74. The van der Waals surface area contributed by atoms with Gasteiger partial charge in [-0.25, -0.2) is 4.98 Å². The lowest BCUT2D eigenvalue weighted by Crippen LogP contribution is -2.30. The first kappa shape index (κ1) is 15.1. The summed E-state index contributed by atoms with van der Waals surface area (Å²) in [4.78, 5) is 16.2. The number of carbonyl (C=O) groups excluding carboxylic acids is 1. The van der Waals surface area contributed by atoms with Crippen molar-refractivity contribution in [3.05, 3.63) is 47.6 Å². The number of rotatable bonds is 5. The Morgan fingerprint density at radius 1 is 1.24 bits per heavy atom. The van der Waals surface area contributed by atoms with E-state index in [4.69, 9.17) is 21.1 Å². The van der Waals surface area contributed by atoms with Gasteiger partial charge < -0.3 is 14.8 Å². The van der Waals surface area contributed by atoms with Gasteiger partial charge in [0.15, 0.2) is 17.7 Å². The Labute approximate surface area is 127 Å². The Hall–Kier alpha value is -2.27. The minimum absolute atomic E-state index is 0.341. The lowest BCUT2D eigenvalue weighted by Gasteiger charge is -2.16. The molecule has 1 aromatic heterocycles. The number of carbonyl (C=O) groups is 1. The molecule has 2 aromatic rings. The molecule has 21 heavy (non-hydrogen) atoms. The molecule has 5 nitrogen and oxygen atoms in total. The van der Waals surface area contributed by atoms with Gasteiger partial charge in [-0.05, 0) is 31.2 Å². The lowest BCUT2D eigenvalue weighted by molar-refractivity contribution is -0.122. The highest BCUT2D eigenvalue weighted by atomic mass is 35.5. The van der Waals surface area contributed by atoms with E-state index >= 15 is 0 Å². The molecule has 0 radical (unpaired) electrons. The van der Waals surface area contributed by atoms with E-state index in [1.54, 1.807) is 49.5 Å². The third-order valence-corrected chi connectivity index (χ3v) is 3.05. The van der Waals surface area contributed by atoms with Crippen LogP contribution in [0.15, 0.2) is 42.6 Å². The van der Waals surface area contributed by atoms with Crippen LogP contribution in [0.2, 0.25) is 5.02 Å². The van der Waals surface area contributed by atoms with Crippen molar-refractivity contribution in [2.24, 2.45) is 0 Å². The Morgan fingerprint density at radius 3 is 2.67 bits per heavy atom. The topological polar surface area (TPSA) is 60.5 Å². The van der Waals surface area contributed by atoms with E-state index in [0.717, 1.165) is 0 Å². The fraction of sp³-hybridized carbons (Fsp3) is 0.200. The normalized spacial score (nSPS) is 11.6. The van der Waals surface area contributed by atoms with Crippen molar-refractivity contribution in [2.75, 3.05) is 12.4 Å². The predicted octanol–water partition coefficient (Wildman–Crippen LogP) is 3.15. The van der Waals surface area contributed by atoms with E-state index in [2.05, 4.69) is 10.3 Å². The van der Waals surface area contributed by atoms with Crippen LogP contribution in [-0.4, -0.2) is 24.1 Å². The summed E-state index contributed by atoms with van der Waals surface area (Å²) in [6.07, 6.45) is 0.842. The Bertz CT molecular complexity index is 634. The van der Waals surface area contributed by atoms with Gasteiger partial charge >= 0.3 is 0 Å². The van der Waals surface area contributed by atoms with Crippen molar-refractivity contribution in [3.63, 3.8) is 0 Å². The molecule has 0 saturated carbocycles. The van der Waals surface area contributed by atoms with Gasteiger partial charge in [0.2, 0.25) is 0 Å². The molecule has 1 amide bonds. The molecular formula is C15H15ClN2O3. The minimum Gasteiger partial charge on any atom is -0.493 e. The zero-order chi connectivity index (χ0) is 15.2. The van der Waals surface area contributed by atoms with Crippen molar-refractivity contribution in [1.29, 1.82) is 0 Å². The summed E-state index contributed by atoms with van der Waals surface area (Å²) in [5.41, 5.74) is 0. The molecule has 6 heteroatoms. The molecule has 2 rings (SSSR count). The van der Waals surface area contributed by atoms with Gasteiger partial charge in [-0.15, -0.1) is 0 Å². The highest BCUT2D eigenvalue weighted by Gasteiger charge is 2.18. The average molecular weight is 307 g/mol. The number of amides is 1. The highest BCUT2D eigenvalue weighted by Crippen LogP contribution is 2.25. The van der Waals surface area contributed by atoms with Crippen LogP contribution >= 0.6 is 11.6 Å². The molecule has 0 spiro atoms. The number of hydrogen-bond acceptors (Lipinski definition) is 4. The summed E-state index contributed by atoms with van der Waals surface area (Å²) >= 11 is 5.99. The zero-order valence-electron chi connectivity index (χ0n) is 11.7. The third kappa shape index (κ3) is 3.86. The summed E-state index contributed by atoms with van der Waals surface area (Å²) in [5, 5.41) is 3.11. The van der Waals surface area contributed by atoms with Gasteiger partial charge in [-0.2, -0.15) is 0 Å².